The van der Waals surface area contributed by atoms with Crippen LogP contribution in [0.15, 0.2) is 71.6 Å². The van der Waals surface area contributed by atoms with E-state index in [-0.39, 0.29) is 33.1 Å². The highest BCUT2D eigenvalue weighted by molar-refractivity contribution is 7.92. The lowest BCUT2D eigenvalue weighted by atomic mass is 10.1. The molecule has 3 aromatic rings. The Bertz CT molecular complexity index is 1460. The molecule has 0 bridgehead atoms. The van der Waals surface area contributed by atoms with Crippen molar-refractivity contribution in [1.29, 1.82) is 0 Å². The highest BCUT2D eigenvalue weighted by Crippen LogP contribution is 2.31. The third kappa shape index (κ3) is 7.83. The van der Waals surface area contributed by atoms with E-state index < -0.39 is 28.5 Å². The molecule has 12 heteroatoms. The first kappa shape index (κ1) is 32.0. The van der Waals surface area contributed by atoms with Crippen LogP contribution in [-0.4, -0.2) is 44.3 Å². The summed E-state index contributed by atoms with van der Waals surface area (Å²) in [7, 11) is -4.22. The summed E-state index contributed by atoms with van der Waals surface area (Å²) in [6.07, 6.45) is 1.00. The summed E-state index contributed by atoms with van der Waals surface area (Å²) < 4.78 is 28.6. The molecule has 1 N–H and O–H groups in total. The molecule has 214 valence electrons. The number of sulfonamides is 1. The molecular formula is C28H29Cl4N3O4S. The van der Waals surface area contributed by atoms with Crippen LogP contribution in [0.1, 0.15) is 32.3 Å². The number of hydrogen-bond donors (Lipinski definition) is 1. The lowest BCUT2D eigenvalue weighted by molar-refractivity contribution is -0.140. The zero-order valence-corrected chi connectivity index (χ0v) is 25.8. The van der Waals surface area contributed by atoms with E-state index in [0.29, 0.717) is 35.0 Å². The average molecular weight is 645 g/mol. The maximum absolute atomic E-state index is 14.0. The van der Waals surface area contributed by atoms with Gasteiger partial charge in [0, 0.05) is 13.1 Å². The second-order valence-corrected chi connectivity index (χ2v) is 12.4. The van der Waals surface area contributed by atoms with Crippen LogP contribution in [0.5, 0.6) is 0 Å². The fourth-order valence-electron chi connectivity index (χ4n) is 4.01. The highest BCUT2D eigenvalue weighted by Gasteiger charge is 2.33. The Balaban J connectivity index is 2.08. The molecule has 0 aliphatic heterocycles. The highest BCUT2D eigenvalue weighted by atomic mass is 35.5. The third-order valence-electron chi connectivity index (χ3n) is 6.07. The molecule has 0 fully saturated rings. The van der Waals surface area contributed by atoms with Gasteiger partial charge in [-0.25, -0.2) is 8.42 Å². The van der Waals surface area contributed by atoms with E-state index in [4.69, 9.17) is 46.4 Å². The van der Waals surface area contributed by atoms with Gasteiger partial charge in [0.05, 0.1) is 30.7 Å². The van der Waals surface area contributed by atoms with Crippen LogP contribution in [0.4, 0.5) is 5.69 Å². The normalized spacial score (nSPS) is 12.1. The maximum atomic E-state index is 14.0. The minimum absolute atomic E-state index is 0.00558. The number of rotatable bonds is 12. The number of halogens is 4. The van der Waals surface area contributed by atoms with Crippen LogP contribution in [0.25, 0.3) is 0 Å². The molecule has 0 heterocycles. The number of hydrogen-bond acceptors (Lipinski definition) is 4. The Morgan fingerprint density at radius 3 is 2.05 bits per heavy atom. The molecule has 0 saturated carbocycles. The number of carbonyl (C=O) groups is 2. The second kappa shape index (κ2) is 14.4. The molecule has 1 atom stereocenters. The maximum Gasteiger partial charge on any atom is 0.264 e. The standard InChI is InChI=1S/C28H29Cl4N3O4S/c1-3-14-33-28(37)26(4-2)34(17-19-10-12-22(29)24(31)15-19)27(36)18-35(20-11-13-23(30)25(32)16-20)40(38,39)21-8-6-5-7-9-21/h5-13,15-16,26H,3-4,14,17-18H2,1-2H3,(H,33,37)/t26-/m1/s1. The molecule has 3 rings (SSSR count). The number of amides is 2. The van der Waals surface area contributed by atoms with Gasteiger partial charge in [0.25, 0.3) is 10.0 Å². The summed E-state index contributed by atoms with van der Waals surface area (Å²) in [4.78, 5) is 28.5. The van der Waals surface area contributed by atoms with Crippen molar-refractivity contribution in [1.82, 2.24) is 10.2 Å². The van der Waals surface area contributed by atoms with Gasteiger partial charge in [0.1, 0.15) is 12.6 Å². The van der Waals surface area contributed by atoms with Crippen molar-refractivity contribution < 1.29 is 18.0 Å². The number of nitrogens with one attached hydrogen (secondary N) is 1. The number of anilines is 1. The Kier molecular flexibility index (Phi) is 11.5. The van der Waals surface area contributed by atoms with Crippen LogP contribution in [0, 0.1) is 0 Å². The lowest BCUT2D eigenvalue weighted by Gasteiger charge is -2.33. The zero-order chi connectivity index (χ0) is 29.4. The lowest BCUT2D eigenvalue weighted by Crippen LogP contribution is -2.52. The monoisotopic (exact) mass is 643 g/mol. The summed E-state index contributed by atoms with van der Waals surface area (Å²) in [5.41, 5.74) is 0.765. The first-order valence-corrected chi connectivity index (χ1v) is 15.5. The molecule has 0 unspecified atom stereocenters. The smallest absolute Gasteiger partial charge is 0.264 e. The Morgan fingerprint density at radius 2 is 1.48 bits per heavy atom. The van der Waals surface area contributed by atoms with Crippen molar-refractivity contribution in [2.45, 2.75) is 44.2 Å². The van der Waals surface area contributed by atoms with Gasteiger partial charge >= 0.3 is 0 Å². The number of nitrogens with zero attached hydrogens (tertiary/aromatic N) is 2. The van der Waals surface area contributed by atoms with Crippen molar-refractivity contribution in [3.8, 4) is 0 Å². The molecule has 40 heavy (non-hydrogen) atoms. The quantitative estimate of drug-likeness (QED) is 0.234. The van der Waals surface area contributed by atoms with Gasteiger partial charge in [0.2, 0.25) is 11.8 Å². The van der Waals surface area contributed by atoms with Crippen LogP contribution in [-0.2, 0) is 26.2 Å². The molecule has 0 aromatic heterocycles. The first-order valence-electron chi connectivity index (χ1n) is 12.5. The summed E-state index contributed by atoms with van der Waals surface area (Å²) in [6, 6.07) is 16.1. The number of carbonyl (C=O) groups excluding carboxylic acids is 2. The summed E-state index contributed by atoms with van der Waals surface area (Å²) in [5.74, 6) is -0.945. The van der Waals surface area contributed by atoms with Crippen LogP contribution >= 0.6 is 46.4 Å². The van der Waals surface area contributed by atoms with Gasteiger partial charge in [-0.1, -0.05) is 84.5 Å². The molecule has 0 saturated heterocycles. The van der Waals surface area contributed by atoms with Gasteiger partial charge in [0.15, 0.2) is 0 Å². The van der Waals surface area contributed by atoms with E-state index in [1.807, 2.05) is 6.92 Å². The van der Waals surface area contributed by atoms with E-state index in [1.54, 1.807) is 43.3 Å². The predicted molar refractivity (Wildman–Crippen MR) is 162 cm³/mol. The fourth-order valence-corrected chi connectivity index (χ4v) is 6.05. The summed E-state index contributed by atoms with van der Waals surface area (Å²) in [5, 5.41) is 3.82. The minimum atomic E-state index is -4.22. The van der Waals surface area contributed by atoms with Gasteiger partial charge in [-0.05, 0) is 60.9 Å². The Hall–Kier alpha value is -2.49. The van der Waals surface area contributed by atoms with Gasteiger partial charge in [-0.3, -0.25) is 13.9 Å². The van der Waals surface area contributed by atoms with Crippen LogP contribution in [0.2, 0.25) is 20.1 Å². The molecule has 0 aliphatic rings. The molecule has 3 aromatic carbocycles. The SMILES string of the molecule is CCCNC(=O)[C@@H](CC)N(Cc1ccc(Cl)c(Cl)c1)C(=O)CN(c1ccc(Cl)c(Cl)c1)S(=O)(=O)c1ccccc1. The van der Waals surface area contributed by atoms with E-state index in [9.17, 15) is 18.0 Å². The Labute approximate surface area is 255 Å². The minimum Gasteiger partial charge on any atom is -0.354 e. The van der Waals surface area contributed by atoms with Crippen molar-refractivity contribution in [2.24, 2.45) is 0 Å². The molecule has 0 aliphatic carbocycles. The summed E-state index contributed by atoms with van der Waals surface area (Å²) >= 11 is 24.6. The number of benzene rings is 3. The molecule has 7 nitrogen and oxygen atoms in total. The van der Waals surface area contributed by atoms with Crippen molar-refractivity contribution in [2.75, 3.05) is 17.4 Å². The topological polar surface area (TPSA) is 86.8 Å². The molecule has 0 radical (unpaired) electrons. The third-order valence-corrected chi connectivity index (χ3v) is 9.34. The largest absolute Gasteiger partial charge is 0.354 e. The fraction of sp³-hybridized carbons (Fsp3) is 0.286. The molecule has 0 spiro atoms. The van der Waals surface area contributed by atoms with Crippen LogP contribution in [0.3, 0.4) is 0 Å². The van der Waals surface area contributed by atoms with E-state index in [0.717, 1.165) is 4.31 Å². The second-order valence-electron chi connectivity index (χ2n) is 8.91. The average Bonchev–Trinajstić information content (AvgIpc) is 2.94. The van der Waals surface area contributed by atoms with E-state index in [2.05, 4.69) is 5.32 Å². The molecular weight excluding hydrogens is 616 g/mol. The summed E-state index contributed by atoms with van der Waals surface area (Å²) in [6.45, 7) is 3.52. The van der Waals surface area contributed by atoms with Crippen LogP contribution < -0.4 is 9.62 Å². The van der Waals surface area contributed by atoms with Crippen molar-refractivity contribution >= 4 is 73.9 Å². The first-order chi connectivity index (χ1) is 19.0. The van der Waals surface area contributed by atoms with Crippen molar-refractivity contribution in [3.05, 3.63) is 92.4 Å². The zero-order valence-electron chi connectivity index (χ0n) is 21.9. The van der Waals surface area contributed by atoms with E-state index >= 15 is 0 Å². The van der Waals surface area contributed by atoms with E-state index in [1.165, 1.54) is 35.2 Å². The van der Waals surface area contributed by atoms with Gasteiger partial charge < -0.3 is 10.2 Å². The Morgan fingerprint density at radius 1 is 0.850 bits per heavy atom. The van der Waals surface area contributed by atoms with Gasteiger partial charge in [-0.15, -0.1) is 0 Å². The van der Waals surface area contributed by atoms with Crippen molar-refractivity contribution in [3.63, 3.8) is 0 Å². The predicted octanol–water partition coefficient (Wildman–Crippen LogP) is 6.83. The molecule has 2 amide bonds. The van der Waals surface area contributed by atoms with Gasteiger partial charge in [-0.2, -0.15) is 0 Å².